The van der Waals surface area contributed by atoms with Crippen molar-refractivity contribution in [3.8, 4) is 16.8 Å². The first-order chi connectivity index (χ1) is 27.8. The normalized spacial score (nSPS) is 11.9. The standard InChI is InChI=1S/C52H32N2OS/c1-2-16-37-33(13-1)27-29-41-51-47(24-12-25-48(51)55-52(37)41)53(36-15-11-14-34(31-36)35-28-30-50-42(32-35)40-19-5-10-26-49(40)56-50)45-22-8-9-23-46(45)54-43-20-6-3-17-38(43)39-18-4-7-21-44(39)54/h1-32H. The van der Waals surface area contributed by atoms with Gasteiger partial charge in [0.15, 0.2) is 0 Å². The van der Waals surface area contributed by atoms with Crippen LogP contribution in [0.4, 0.5) is 17.1 Å². The second kappa shape index (κ2) is 12.2. The number of aromatic nitrogens is 1. The summed E-state index contributed by atoms with van der Waals surface area (Å²) in [5.41, 5.74) is 10.7. The van der Waals surface area contributed by atoms with Crippen molar-refractivity contribution < 1.29 is 4.42 Å². The fourth-order valence-electron chi connectivity index (χ4n) is 8.88. The van der Waals surface area contributed by atoms with Gasteiger partial charge in [-0.3, -0.25) is 0 Å². The Morgan fingerprint density at radius 3 is 1.95 bits per heavy atom. The molecule has 12 rings (SSSR count). The lowest BCUT2D eigenvalue weighted by atomic mass is 10.0. The highest BCUT2D eigenvalue weighted by Crippen LogP contribution is 2.47. The number of hydrogen-bond donors (Lipinski definition) is 0. The molecular weight excluding hydrogens is 701 g/mol. The van der Waals surface area contributed by atoms with Crippen LogP contribution in [0.5, 0.6) is 0 Å². The SMILES string of the molecule is c1cc(-c2ccc3sc4ccccc4c3c2)cc(N(c2ccccc2-n2c3ccccc3c3ccccc32)c2cccc3oc4c5ccccc5ccc4c23)c1. The molecule has 12 aromatic rings. The van der Waals surface area contributed by atoms with E-state index in [-0.39, 0.29) is 0 Å². The number of nitrogens with zero attached hydrogens (tertiary/aromatic N) is 2. The third-order valence-corrected chi connectivity index (χ3v) is 12.5. The smallest absolute Gasteiger partial charge is 0.143 e. The van der Waals surface area contributed by atoms with Crippen molar-refractivity contribution in [1.82, 2.24) is 4.57 Å². The number of hydrogen-bond acceptors (Lipinski definition) is 3. The summed E-state index contributed by atoms with van der Waals surface area (Å²) >= 11 is 1.85. The van der Waals surface area contributed by atoms with Crippen molar-refractivity contribution in [2.75, 3.05) is 4.90 Å². The molecule has 0 atom stereocenters. The molecule has 3 heterocycles. The molecule has 0 radical (unpaired) electrons. The molecule has 0 aliphatic heterocycles. The molecule has 0 saturated carbocycles. The summed E-state index contributed by atoms with van der Waals surface area (Å²) in [4.78, 5) is 2.44. The summed E-state index contributed by atoms with van der Waals surface area (Å²) in [7, 11) is 0. The zero-order chi connectivity index (χ0) is 36.7. The maximum absolute atomic E-state index is 6.78. The Kier molecular flexibility index (Phi) is 6.80. The van der Waals surface area contributed by atoms with Gasteiger partial charge in [0.2, 0.25) is 0 Å². The van der Waals surface area contributed by atoms with Crippen LogP contribution >= 0.6 is 11.3 Å². The largest absolute Gasteiger partial charge is 0.455 e. The lowest BCUT2D eigenvalue weighted by Gasteiger charge is -2.29. The van der Waals surface area contributed by atoms with E-state index in [2.05, 4.69) is 204 Å². The average Bonchev–Trinajstić information content (AvgIpc) is 3.94. The molecule has 3 aromatic heterocycles. The van der Waals surface area contributed by atoms with Crippen LogP contribution in [-0.4, -0.2) is 4.57 Å². The molecule has 262 valence electrons. The van der Waals surface area contributed by atoms with Crippen LogP contribution in [0.3, 0.4) is 0 Å². The third-order valence-electron chi connectivity index (χ3n) is 11.4. The Balaban J connectivity index is 1.15. The molecule has 0 amide bonds. The zero-order valence-corrected chi connectivity index (χ0v) is 31.0. The maximum Gasteiger partial charge on any atom is 0.143 e. The van der Waals surface area contributed by atoms with E-state index < -0.39 is 0 Å². The first kappa shape index (κ1) is 31.2. The lowest BCUT2D eigenvalue weighted by molar-refractivity contribution is 0.672. The van der Waals surface area contributed by atoms with Crippen LogP contribution in [0.15, 0.2) is 199 Å². The van der Waals surface area contributed by atoms with Gasteiger partial charge in [-0.15, -0.1) is 11.3 Å². The van der Waals surface area contributed by atoms with Crippen LogP contribution in [0, 0.1) is 0 Å². The molecule has 0 aliphatic rings. The number of para-hydroxylation sites is 4. The van der Waals surface area contributed by atoms with E-state index in [9.17, 15) is 0 Å². The van der Waals surface area contributed by atoms with Gasteiger partial charge in [0.1, 0.15) is 11.2 Å². The number of rotatable bonds is 5. The summed E-state index contributed by atoms with van der Waals surface area (Å²) in [5.74, 6) is 0. The van der Waals surface area contributed by atoms with Crippen LogP contribution in [0.2, 0.25) is 0 Å². The zero-order valence-electron chi connectivity index (χ0n) is 30.2. The Morgan fingerprint density at radius 1 is 0.429 bits per heavy atom. The molecule has 0 N–H and O–H groups in total. The van der Waals surface area contributed by atoms with Gasteiger partial charge in [0.25, 0.3) is 0 Å². The highest BCUT2D eigenvalue weighted by Gasteiger charge is 2.24. The van der Waals surface area contributed by atoms with Crippen LogP contribution in [0.1, 0.15) is 0 Å². The molecule has 3 nitrogen and oxygen atoms in total. The minimum Gasteiger partial charge on any atom is -0.455 e. The minimum atomic E-state index is 0.860. The van der Waals surface area contributed by atoms with Gasteiger partial charge in [-0.05, 0) is 89.3 Å². The van der Waals surface area contributed by atoms with Crippen molar-refractivity contribution in [3.63, 3.8) is 0 Å². The molecule has 56 heavy (non-hydrogen) atoms. The highest BCUT2D eigenvalue weighted by molar-refractivity contribution is 7.25. The van der Waals surface area contributed by atoms with Crippen molar-refractivity contribution in [2.24, 2.45) is 0 Å². The van der Waals surface area contributed by atoms with E-state index in [1.807, 2.05) is 11.3 Å². The fourth-order valence-corrected chi connectivity index (χ4v) is 9.97. The van der Waals surface area contributed by atoms with E-state index in [0.717, 1.165) is 61.0 Å². The van der Waals surface area contributed by atoms with Crippen LogP contribution in [0.25, 0.3) is 91.5 Å². The number of thiophene rings is 1. The highest BCUT2D eigenvalue weighted by atomic mass is 32.1. The van der Waals surface area contributed by atoms with E-state index in [4.69, 9.17) is 4.42 Å². The first-order valence-corrected chi connectivity index (χ1v) is 19.8. The van der Waals surface area contributed by atoms with Gasteiger partial charge in [-0.2, -0.15) is 0 Å². The van der Waals surface area contributed by atoms with E-state index in [1.165, 1.54) is 47.5 Å². The number of anilines is 3. The van der Waals surface area contributed by atoms with Gasteiger partial charge < -0.3 is 13.9 Å². The molecule has 0 aliphatic carbocycles. The second-order valence-corrected chi connectivity index (χ2v) is 15.6. The summed E-state index contributed by atoms with van der Waals surface area (Å²) in [6.07, 6.45) is 0. The number of fused-ring (bicyclic) bond motifs is 11. The molecule has 0 saturated heterocycles. The first-order valence-electron chi connectivity index (χ1n) is 19.0. The lowest BCUT2D eigenvalue weighted by Crippen LogP contribution is -2.13. The Bertz CT molecular complexity index is 3460. The molecule has 0 fully saturated rings. The summed E-state index contributed by atoms with van der Waals surface area (Å²) in [5, 5.41) is 9.53. The van der Waals surface area contributed by atoms with Gasteiger partial charge in [0, 0.05) is 47.4 Å². The number of furan rings is 1. The molecule has 0 spiro atoms. The van der Waals surface area contributed by atoms with E-state index in [0.29, 0.717) is 0 Å². The molecule has 0 unspecified atom stereocenters. The van der Waals surface area contributed by atoms with Crippen LogP contribution in [-0.2, 0) is 0 Å². The second-order valence-electron chi connectivity index (χ2n) is 14.5. The predicted molar refractivity (Wildman–Crippen MR) is 239 cm³/mol. The van der Waals surface area contributed by atoms with Gasteiger partial charge in [0.05, 0.1) is 33.5 Å². The quantitative estimate of drug-likeness (QED) is 0.176. The Morgan fingerprint density at radius 2 is 1.09 bits per heavy atom. The molecule has 4 heteroatoms. The average molecular weight is 733 g/mol. The minimum absolute atomic E-state index is 0.860. The summed E-state index contributed by atoms with van der Waals surface area (Å²) in [6, 6.07) is 70.3. The summed E-state index contributed by atoms with van der Waals surface area (Å²) < 4.78 is 11.8. The van der Waals surface area contributed by atoms with Gasteiger partial charge in [-0.25, -0.2) is 0 Å². The Hall–Kier alpha value is -7.14. The molecule has 0 bridgehead atoms. The monoisotopic (exact) mass is 732 g/mol. The van der Waals surface area contributed by atoms with Gasteiger partial charge >= 0.3 is 0 Å². The van der Waals surface area contributed by atoms with E-state index in [1.54, 1.807) is 0 Å². The fraction of sp³-hybridized carbons (Fsp3) is 0. The number of benzene rings is 9. The van der Waals surface area contributed by atoms with Crippen molar-refractivity contribution in [2.45, 2.75) is 0 Å². The van der Waals surface area contributed by atoms with Crippen LogP contribution < -0.4 is 4.90 Å². The van der Waals surface area contributed by atoms with Crippen molar-refractivity contribution in [1.29, 1.82) is 0 Å². The van der Waals surface area contributed by atoms with Crippen molar-refractivity contribution in [3.05, 3.63) is 194 Å². The maximum atomic E-state index is 6.78. The molecular formula is C52H32N2OS. The third kappa shape index (κ3) is 4.63. The predicted octanol–water partition coefficient (Wildman–Crippen LogP) is 15.3. The topological polar surface area (TPSA) is 21.3 Å². The van der Waals surface area contributed by atoms with Gasteiger partial charge in [-0.1, -0.05) is 121 Å². The summed E-state index contributed by atoms with van der Waals surface area (Å²) in [6.45, 7) is 0. The Labute approximate surface area is 326 Å². The van der Waals surface area contributed by atoms with E-state index >= 15 is 0 Å². The molecule has 9 aromatic carbocycles. The van der Waals surface area contributed by atoms with Crippen molar-refractivity contribution >= 4 is 103 Å².